The Hall–Kier alpha value is -0.600. The Morgan fingerprint density at radius 1 is 1.44 bits per heavy atom. The number of fused-ring (bicyclic) bond motifs is 1. The van der Waals surface area contributed by atoms with Gasteiger partial charge in [0.1, 0.15) is 0 Å². The molecule has 2 atom stereocenters. The number of likely N-dealkylation sites (tertiary alicyclic amines) is 1. The maximum absolute atomic E-state index is 4.13. The van der Waals surface area contributed by atoms with Crippen LogP contribution >= 0.6 is 0 Å². The van der Waals surface area contributed by atoms with E-state index in [0.29, 0.717) is 0 Å². The van der Waals surface area contributed by atoms with E-state index in [1.807, 2.05) is 0 Å². The first kappa shape index (κ1) is 11.9. The molecule has 2 nitrogen and oxygen atoms in total. The molecule has 90 valence electrons. The Morgan fingerprint density at radius 2 is 2.12 bits per heavy atom. The van der Waals surface area contributed by atoms with Crippen LogP contribution in [0.25, 0.3) is 0 Å². The van der Waals surface area contributed by atoms with E-state index in [2.05, 4.69) is 42.5 Å². The van der Waals surface area contributed by atoms with E-state index in [9.17, 15) is 0 Å². The Balaban J connectivity index is 1.64. The number of hydrogen-bond acceptors (Lipinski definition) is 2. The molecule has 1 aliphatic heterocycles. The summed E-state index contributed by atoms with van der Waals surface area (Å²) >= 11 is 0. The van der Waals surface area contributed by atoms with E-state index < -0.39 is 0 Å². The fourth-order valence-electron chi connectivity index (χ4n) is 2.49. The number of rotatable bonds is 6. The second-order valence-electron chi connectivity index (χ2n) is 5.37. The van der Waals surface area contributed by atoms with E-state index >= 15 is 0 Å². The highest BCUT2D eigenvalue weighted by atomic mass is 15.2. The number of piperidine rings is 1. The highest BCUT2D eigenvalue weighted by molar-refractivity contribution is 5.17. The lowest BCUT2D eigenvalue weighted by Crippen LogP contribution is -2.24. The van der Waals surface area contributed by atoms with Crippen molar-refractivity contribution < 1.29 is 0 Å². The van der Waals surface area contributed by atoms with Crippen molar-refractivity contribution in [2.24, 2.45) is 11.8 Å². The van der Waals surface area contributed by atoms with Gasteiger partial charge in [-0.15, -0.1) is 0 Å². The first-order valence-electron chi connectivity index (χ1n) is 6.44. The fraction of sp³-hybridized carbons (Fsp3) is 0.714. The SMILES string of the molecule is C=C(/C=C\CN(C)CC)CN1CC2C[C@H]2C1. The minimum atomic E-state index is 1.03. The molecule has 0 radical (unpaired) electrons. The van der Waals surface area contributed by atoms with Gasteiger partial charge in [-0.05, 0) is 37.4 Å². The summed E-state index contributed by atoms with van der Waals surface area (Å²) in [7, 11) is 2.14. The van der Waals surface area contributed by atoms with Gasteiger partial charge in [0.2, 0.25) is 0 Å². The summed E-state index contributed by atoms with van der Waals surface area (Å²) in [6.07, 6.45) is 5.90. The molecule has 0 amide bonds. The van der Waals surface area contributed by atoms with Crippen molar-refractivity contribution in [3.63, 3.8) is 0 Å². The summed E-state index contributed by atoms with van der Waals surface area (Å²) in [5.74, 6) is 2.06. The van der Waals surface area contributed by atoms with Crippen LogP contribution in [0.1, 0.15) is 13.3 Å². The van der Waals surface area contributed by atoms with E-state index in [0.717, 1.165) is 31.5 Å². The van der Waals surface area contributed by atoms with Gasteiger partial charge < -0.3 is 4.90 Å². The van der Waals surface area contributed by atoms with Crippen LogP contribution in [0.2, 0.25) is 0 Å². The maximum atomic E-state index is 4.13. The van der Waals surface area contributed by atoms with Crippen molar-refractivity contribution in [3.8, 4) is 0 Å². The molecule has 2 rings (SSSR count). The van der Waals surface area contributed by atoms with Gasteiger partial charge in [0, 0.05) is 26.2 Å². The molecule has 1 unspecified atom stereocenters. The molecule has 1 aliphatic carbocycles. The van der Waals surface area contributed by atoms with E-state index in [4.69, 9.17) is 0 Å². The summed E-state index contributed by atoms with van der Waals surface area (Å²) < 4.78 is 0. The minimum Gasteiger partial charge on any atom is -0.303 e. The van der Waals surface area contributed by atoms with Crippen molar-refractivity contribution in [2.45, 2.75) is 13.3 Å². The molecule has 1 saturated heterocycles. The monoisotopic (exact) mass is 220 g/mol. The van der Waals surface area contributed by atoms with Gasteiger partial charge in [0.05, 0.1) is 0 Å². The van der Waals surface area contributed by atoms with E-state index in [-0.39, 0.29) is 0 Å². The number of nitrogens with zero attached hydrogens (tertiary/aromatic N) is 2. The molecule has 0 spiro atoms. The zero-order valence-corrected chi connectivity index (χ0v) is 10.7. The van der Waals surface area contributed by atoms with E-state index in [1.165, 1.54) is 25.1 Å². The highest BCUT2D eigenvalue weighted by Crippen LogP contribution is 2.44. The molecule has 16 heavy (non-hydrogen) atoms. The zero-order chi connectivity index (χ0) is 11.5. The third kappa shape index (κ3) is 3.19. The Labute approximate surface area is 99.6 Å². The average molecular weight is 220 g/mol. The van der Waals surface area contributed by atoms with Gasteiger partial charge in [-0.2, -0.15) is 0 Å². The van der Waals surface area contributed by atoms with Gasteiger partial charge in [0.25, 0.3) is 0 Å². The van der Waals surface area contributed by atoms with Gasteiger partial charge in [-0.1, -0.05) is 25.7 Å². The Morgan fingerprint density at radius 3 is 2.75 bits per heavy atom. The average Bonchev–Trinajstić information content (AvgIpc) is 2.86. The van der Waals surface area contributed by atoms with Crippen LogP contribution in [0.5, 0.6) is 0 Å². The molecule has 1 heterocycles. The molecule has 0 aromatic heterocycles. The molecule has 0 N–H and O–H groups in total. The fourth-order valence-corrected chi connectivity index (χ4v) is 2.49. The van der Waals surface area contributed by atoms with Crippen LogP contribution in [-0.2, 0) is 0 Å². The highest BCUT2D eigenvalue weighted by Gasteiger charge is 2.44. The predicted molar refractivity (Wildman–Crippen MR) is 69.5 cm³/mol. The molecular formula is C14H24N2. The van der Waals surface area contributed by atoms with Crippen molar-refractivity contribution in [3.05, 3.63) is 24.3 Å². The van der Waals surface area contributed by atoms with Crippen molar-refractivity contribution in [1.82, 2.24) is 9.80 Å². The van der Waals surface area contributed by atoms with Crippen LogP contribution in [0.4, 0.5) is 0 Å². The van der Waals surface area contributed by atoms with Crippen molar-refractivity contribution in [1.29, 1.82) is 0 Å². The summed E-state index contributed by atoms with van der Waals surface area (Å²) in [5.41, 5.74) is 1.26. The Kier molecular flexibility index (Phi) is 3.82. The molecule has 1 saturated carbocycles. The molecule has 2 aliphatic rings. The smallest absolute Gasteiger partial charge is 0.0227 e. The summed E-state index contributed by atoms with van der Waals surface area (Å²) in [4.78, 5) is 4.84. The van der Waals surface area contributed by atoms with Gasteiger partial charge in [0.15, 0.2) is 0 Å². The molecule has 2 heteroatoms. The standard InChI is InChI=1S/C14H24N2/c1-4-15(3)7-5-6-12(2)9-16-10-13-8-14(13)11-16/h5-6,13-14H,2,4,7-11H2,1,3H3/b6-5-/t13-,14?/m0/s1. The van der Waals surface area contributed by atoms with Crippen LogP contribution in [0.3, 0.4) is 0 Å². The van der Waals surface area contributed by atoms with Gasteiger partial charge >= 0.3 is 0 Å². The largest absolute Gasteiger partial charge is 0.303 e. The Bertz CT molecular complexity index is 272. The van der Waals surface area contributed by atoms with Crippen molar-refractivity contribution in [2.75, 3.05) is 39.8 Å². The number of hydrogen-bond donors (Lipinski definition) is 0. The lowest BCUT2D eigenvalue weighted by molar-refractivity contribution is 0.333. The summed E-state index contributed by atoms with van der Waals surface area (Å²) in [6.45, 7) is 12.1. The molecule has 0 aromatic rings. The van der Waals surface area contributed by atoms with Crippen LogP contribution < -0.4 is 0 Å². The quantitative estimate of drug-likeness (QED) is 0.632. The molecule has 0 aromatic carbocycles. The normalized spacial score (nSPS) is 28.9. The van der Waals surface area contributed by atoms with Gasteiger partial charge in [-0.3, -0.25) is 4.90 Å². The number of likely N-dealkylation sites (N-methyl/N-ethyl adjacent to an activating group) is 1. The predicted octanol–water partition coefficient (Wildman–Crippen LogP) is 2.00. The second-order valence-corrected chi connectivity index (χ2v) is 5.37. The van der Waals surface area contributed by atoms with Crippen molar-refractivity contribution >= 4 is 0 Å². The summed E-state index contributed by atoms with van der Waals surface area (Å²) in [5, 5.41) is 0. The first-order valence-corrected chi connectivity index (χ1v) is 6.44. The van der Waals surface area contributed by atoms with Crippen LogP contribution in [0.15, 0.2) is 24.3 Å². The molecule has 0 bridgehead atoms. The zero-order valence-electron chi connectivity index (χ0n) is 10.7. The third-order valence-electron chi connectivity index (χ3n) is 3.79. The lowest BCUT2D eigenvalue weighted by atomic mass is 10.2. The maximum Gasteiger partial charge on any atom is 0.0227 e. The first-order chi connectivity index (χ1) is 7.69. The summed E-state index contributed by atoms with van der Waals surface area (Å²) in [6, 6.07) is 0. The molecular weight excluding hydrogens is 196 g/mol. The minimum absolute atomic E-state index is 1.03. The van der Waals surface area contributed by atoms with E-state index in [1.54, 1.807) is 0 Å². The third-order valence-corrected chi connectivity index (χ3v) is 3.79. The topological polar surface area (TPSA) is 6.48 Å². The lowest BCUT2D eigenvalue weighted by Gasteiger charge is -2.17. The van der Waals surface area contributed by atoms with Crippen LogP contribution in [0, 0.1) is 11.8 Å². The molecule has 2 fully saturated rings. The van der Waals surface area contributed by atoms with Gasteiger partial charge in [-0.25, -0.2) is 0 Å². The second kappa shape index (κ2) is 5.15. The van der Waals surface area contributed by atoms with Crippen LogP contribution in [-0.4, -0.2) is 49.6 Å².